The molecule has 0 bridgehead atoms. The summed E-state index contributed by atoms with van der Waals surface area (Å²) in [5.41, 5.74) is 2.41. The number of piperazine rings is 1. The summed E-state index contributed by atoms with van der Waals surface area (Å²) in [7, 11) is 2.03. The maximum absolute atomic E-state index is 4.55. The van der Waals surface area contributed by atoms with Gasteiger partial charge < -0.3 is 9.80 Å². The quantitative estimate of drug-likeness (QED) is 0.792. The number of halogens is 1. The first-order chi connectivity index (χ1) is 9.70. The molecule has 0 radical (unpaired) electrons. The van der Waals surface area contributed by atoms with Gasteiger partial charge in [-0.25, -0.2) is 4.98 Å². The fourth-order valence-corrected chi connectivity index (χ4v) is 4.08. The Labute approximate surface area is 131 Å². The van der Waals surface area contributed by atoms with Crippen LogP contribution in [0, 0.1) is 6.92 Å². The maximum atomic E-state index is 4.55. The molecule has 2 aromatic rings. The van der Waals surface area contributed by atoms with E-state index in [1.54, 1.807) is 11.3 Å². The number of hydrogen-bond donors (Lipinski definition) is 0. The van der Waals surface area contributed by atoms with Gasteiger partial charge in [-0.1, -0.05) is 15.9 Å². The van der Waals surface area contributed by atoms with E-state index in [2.05, 4.69) is 42.7 Å². The standard InChI is InChI=1S/C13H18BrN5S/c1-10-11(9-14)12(17(2)16-10)18-4-6-19(7-5-18)13-15-3-8-20-13/h3,8H,4-7,9H2,1-2H3. The van der Waals surface area contributed by atoms with Gasteiger partial charge in [-0.3, -0.25) is 4.68 Å². The van der Waals surface area contributed by atoms with Crippen molar-refractivity contribution in [1.82, 2.24) is 14.8 Å². The van der Waals surface area contributed by atoms with E-state index < -0.39 is 0 Å². The second-order valence-corrected chi connectivity index (χ2v) is 6.37. The van der Waals surface area contributed by atoms with Gasteiger partial charge in [0.25, 0.3) is 0 Å². The second-order valence-electron chi connectivity index (χ2n) is 4.93. The first kappa shape index (κ1) is 13.9. The summed E-state index contributed by atoms with van der Waals surface area (Å²) in [4.78, 5) is 9.18. The number of aromatic nitrogens is 3. The van der Waals surface area contributed by atoms with Crippen molar-refractivity contribution >= 4 is 38.2 Å². The summed E-state index contributed by atoms with van der Waals surface area (Å²) in [6, 6.07) is 0. The highest BCUT2D eigenvalue weighted by Gasteiger charge is 2.24. The smallest absolute Gasteiger partial charge is 0.185 e. The summed E-state index contributed by atoms with van der Waals surface area (Å²) in [6.45, 7) is 6.13. The fourth-order valence-electron chi connectivity index (χ4n) is 2.72. The Kier molecular flexibility index (Phi) is 3.98. The van der Waals surface area contributed by atoms with Crippen molar-refractivity contribution in [2.45, 2.75) is 12.3 Å². The van der Waals surface area contributed by atoms with Crippen molar-refractivity contribution in [3.8, 4) is 0 Å². The minimum absolute atomic E-state index is 0.856. The third-order valence-electron chi connectivity index (χ3n) is 3.72. The number of anilines is 2. The van der Waals surface area contributed by atoms with E-state index >= 15 is 0 Å². The molecule has 0 aliphatic carbocycles. The fraction of sp³-hybridized carbons (Fsp3) is 0.538. The van der Waals surface area contributed by atoms with Gasteiger partial charge in [0.15, 0.2) is 5.13 Å². The van der Waals surface area contributed by atoms with Gasteiger partial charge >= 0.3 is 0 Å². The predicted molar refractivity (Wildman–Crippen MR) is 87.1 cm³/mol. The van der Waals surface area contributed by atoms with E-state index in [0.717, 1.165) is 42.3 Å². The van der Waals surface area contributed by atoms with Gasteiger partial charge in [-0.05, 0) is 6.92 Å². The predicted octanol–water partition coefficient (Wildman–Crippen LogP) is 2.41. The number of aryl methyl sites for hydroxylation is 2. The first-order valence-electron chi connectivity index (χ1n) is 6.68. The van der Waals surface area contributed by atoms with E-state index in [1.165, 1.54) is 11.4 Å². The second kappa shape index (κ2) is 5.73. The lowest BCUT2D eigenvalue weighted by Gasteiger charge is -2.36. The van der Waals surface area contributed by atoms with Crippen LogP contribution in [0.4, 0.5) is 10.9 Å². The molecule has 1 aliphatic rings. The summed E-state index contributed by atoms with van der Waals surface area (Å²) < 4.78 is 2.00. The molecule has 20 heavy (non-hydrogen) atoms. The molecule has 5 nitrogen and oxygen atoms in total. The van der Waals surface area contributed by atoms with Gasteiger partial charge in [0.05, 0.1) is 5.69 Å². The van der Waals surface area contributed by atoms with Crippen LogP contribution < -0.4 is 9.80 Å². The lowest BCUT2D eigenvalue weighted by molar-refractivity contribution is 0.622. The lowest BCUT2D eigenvalue weighted by Crippen LogP contribution is -2.47. The van der Waals surface area contributed by atoms with Crippen molar-refractivity contribution in [1.29, 1.82) is 0 Å². The molecule has 1 fully saturated rings. The molecule has 0 N–H and O–H groups in total. The number of nitrogens with zero attached hydrogens (tertiary/aromatic N) is 5. The van der Waals surface area contributed by atoms with Crippen LogP contribution >= 0.6 is 27.3 Å². The van der Waals surface area contributed by atoms with Crippen molar-refractivity contribution in [3.63, 3.8) is 0 Å². The minimum Gasteiger partial charge on any atom is -0.353 e. The molecule has 1 aliphatic heterocycles. The Morgan fingerprint density at radius 2 is 1.95 bits per heavy atom. The minimum atomic E-state index is 0.856. The Bertz CT molecular complexity index is 572. The monoisotopic (exact) mass is 355 g/mol. The Morgan fingerprint density at radius 3 is 2.55 bits per heavy atom. The summed E-state index contributed by atoms with van der Waals surface area (Å²) in [6.07, 6.45) is 1.87. The van der Waals surface area contributed by atoms with Crippen LogP contribution in [0.2, 0.25) is 0 Å². The molecular formula is C13H18BrN5S. The van der Waals surface area contributed by atoms with Crippen LogP contribution in [0.5, 0.6) is 0 Å². The van der Waals surface area contributed by atoms with Crippen LogP contribution in [0.25, 0.3) is 0 Å². The van der Waals surface area contributed by atoms with E-state index in [-0.39, 0.29) is 0 Å². The molecule has 2 aromatic heterocycles. The highest BCUT2D eigenvalue weighted by atomic mass is 79.9. The Balaban J connectivity index is 1.75. The Morgan fingerprint density at radius 1 is 1.25 bits per heavy atom. The van der Waals surface area contributed by atoms with Gasteiger partial charge in [0.2, 0.25) is 0 Å². The molecule has 7 heteroatoms. The van der Waals surface area contributed by atoms with Gasteiger partial charge in [0, 0.05) is 55.7 Å². The summed E-state index contributed by atoms with van der Waals surface area (Å²) >= 11 is 5.30. The molecule has 108 valence electrons. The zero-order valence-corrected chi connectivity index (χ0v) is 14.1. The normalized spacial score (nSPS) is 15.9. The van der Waals surface area contributed by atoms with E-state index in [4.69, 9.17) is 0 Å². The number of hydrogen-bond acceptors (Lipinski definition) is 5. The topological polar surface area (TPSA) is 37.2 Å². The van der Waals surface area contributed by atoms with Crippen LogP contribution in [0.3, 0.4) is 0 Å². The van der Waals surface area contributed by atoms with Gasteiger partial charge in [-0.15, -0.1) is 11.3 Å². The van der Waals surface area contributed by atoms with Gasteiger partial charge in [0.1, 0.15) is 5.82 Å². The highest BCUT2D eigenvalue weighted by molar-refractivity contribution is 9.08. The molecule has 0 saturated carbocycles. The third kappa shape index (κ3) is 2.44. The molecule has 3 rings (SSSR count). The van der Waals surface area contributed by atoms with Gasteiger partial charge in [-0.2, -0.15) is 5.10 Å². The van der Waals surface area contributed by atoms with Crippen molar-refractivity contribution in [2.75, 3.05) is 36.0 Å². The number of alkyl halides is 1. The zero-order valence-electron chi connectivity index (χ0n) is 11.7. The summed E-state index contributed by atoms with van der Waals surface area (Å²) in [5.74, 6) is 1.25. The largest absolute Gasteiger partial charge is 0.353 e. The van der Waals surface area contributed by atoms with Crippen LogP contribution in [0.1, 0.15) is 11.3 Å². The third-order valence-corrected chi connectivity index (χ3v) is 5.11. The molecule has 0 aromatic carbocycles. The maximum Gasteiger partial charge on any atom is 0.185 e. The summed E-state index contributed by atoms with van der Waals surface area (Å²) in [5, 5.41) is 8.57. The van der Waals surface area contributed by atoms with Crippen LogP contribution in [0.15, 0.2) is 11.6 Å². The molecule has 0 atom stereocenters. The van der Waals surface area contributed by atoms with Crippen molar-refractivity contribution in [3.05, 3.63) is 22.8 Å². The highest BCUT2D eigenvalue weighted by Crippen LogP contribution is 2.27. The molecule has 1 saturated heterocycles. The van der Waals surface area contributed by atoms with E-state index in [1.807, 2.05) is 23.3 Å². The molecule has 0 amide bonds. The molecule has 0 unspecified atom stereocenters. The van der Waals surface area contributed by atoms with E-state index in [9.17, 15) is 0 Å². The van der Waals surface area contributed by atoms with Crippen molar-refractivity contribution < 1.29 is 0 Å². The lowest BCUT2D eigenvalue weighted by atomic mass is 10.2. The number of thiazole rings is 1. The molecule has 0 spiro atoms. The average molecular weight is 356 g/mol. The van der Waals surface area contributed by atoms with Crippen LogP contribution in [-0.2, 0) is 12.4 Å². The van der Waals surface area contributed by atoms with Crippen LogP contribution in [-0.4, -0.2) is 40.9 Å². The molecular weight excluding hydrogens is 338 g/mol. The first-order valence-corrected chi connectivity index (χ1v) is 8.68. The van der Waals surface area contributed by atoms with Crippen molar-refractivity contribution in [2.24, 2.45) is 7.05 Å². The average Bonchev–Trinajstić information content (AvgIpc) is 3.06. The number of rotatable bonds is 3. The van der Waals surface area contributed by atoms with E-state index in [0.29, 0.717) is 0 Å². The zero-order chi connectivity index (χ0) is 14.1. The Hall–Kier alpha value is -1.08. The SMILES string of the molecule is Cc1nn(C)c(N2CCN(c3nccs3)CC2)c1CBr. The molecule has 3 heterocycles.